The first-order valence-corrected chi connectivity index (χ1v) is 9.33. The number of carbonyl (C=O) groups excluding carboxylic acids is 1. The molecule has 1 aliphatic rings. The van der Waals surface area contributed by atoms with E-state index in [1.54, 1.807) is 21.3 Å². The molecule has 4 heteroatoms. The third-order valence-electron chi connectivity index (χ3n) is 5.18. The number of Topliss-reactive ketones (excluding diaryl/α,β-unsaturated/α-hetero) is 1. The van der Waals surface area contributed by atoms with Crippen LogP contribution in [0.2, 0.25) is 0 Å². The average molecular weight is 386 g/mol. The number of fused-ring (bicyclic) bond motifs is 1. The molecule has 4 rings (SSSR count). The standard InChI is InChI=1S/C25H22O4/c1-15-5-10-21-22(11-15)23(17-12-19(28-3)14-20(13-17)29-4)24(25(21)26)16-6-8-18(27-2)9-7-16/h5-14H,1-4H3. The van der Waals surface area contributed by atoms with Gasteiger partial charge in [0.05, 0.1) is 21.3 Å². The van der Waals surface area contributed by atoms with E-state index in [9.17, 15) is 4.79 Å². The molecule has 4 nitrogen and oxygen atoms in total. The Morgan fingerprint density at radius 1 is 0.586 bits per heavy atom. The Morgan fingerprint density at radius 3 is 1.79 bits per heavy atom. The van der Waals surface area contributed by atoms with Crippen molar-refractivity contribution in [1.82, 2.24) is 0 Å². The maximum atomic E-state index is 13.4. The summed E-state index contributed by atoms with van der Waals surface area (Å²) in [6, 6.07) is 19.2. The highest BCUT2D eigenvalue weighted by Crippen LogP contribution is 2.44. The van der Waals surface area contributed by atoms with E-state index in [0.29, 0.717) is 22.6 Å². The average Bonchev–Trinajstić information content (AvgIpc) is 3.04. The van der Waals surface area contributed by atoms with Crippen molar-refractivity contribution in [1.29, 1.82) is 0 Å². The van der Waals surface area contributed by atoms with Crippen molar-refractivity contribution < 1.29 is 19.0 Å². The summed E-state index contributed by atoms with van der Waals surface area (Å²) in [6.45, 7) is 2.03. The van der Waals surface area contributed by atoms with Gasteiger partial charge >= 0.3 is 0 Å². The summed E-state index contributed by atoms with van der Waals surface area (Å²) in [5.41, 5.74) is 6.01. The van der Waals surface area contributed by atoms with Crippen LogP contribution in [-0.4, -0.2) is 27.1 Å². The molecule has 0 N–H and O–H groups in total. The highest BCUT2D eigenvalue weighted by atomic mass is 16.5. The highest BCUT2D eigenvalue weighted by molar-refractivity contribution is 6.41. The van der Waals surface area contributed by atoms with E-state index in [4.69, 9.17) is 14.2 Å². The van der Waals surface area contributed by atoms with Crippen molar-refractivity contribution in [2.24, 2.45) is 0 Å². The van der Waals surface area contributed by atoms with Crippen molar-refractivity contribution >= 4 is 16.9 Å². The lowest BCUT2D eigenvalue weighted by Crippen LogP contribution is -1.99. The first-order chi connectivity index (χ1) is 14.0. The van der Waals surface area contributed by atoms with Gasteiger partial charge in [0.15, 0.2) is 5.78 Å². The molecule has 0 heterocycles. The van der Waals surface area contributed by atoms with Crippen molar-refractivity contribution in [3.05, 3.63) is 88.5 Å². The Kier molecular flexibility index (Phi) is 4.85. The van der Waals surface area contributed by atoms with Crippen LogP contribution in [0, 0.1) is 6.92 Å². The van der Waals surface area contributed by atoms with Crippen LogP contribution in [0.4, 0.5) is 0 Å². The minimum absolute atomic E-state index is 0.0157. The van der Waals surface area contributed by atoms with Gasteiger partial charge in [-0.05, 0) is 47.9 Å². The number of carbonyl (C=O) groups is 1. The molecule has 29 heavy (non-hydrogen) atoms. The van der Waals surface area contributed by atoms with Crippen LogP contribution in [-0.2, 0) is 0 Å². The third kappa shape index (κ3) is 3.27. The molecule has 1 aliphatic carbocycles. The van der Waals surface area contributed by atoms with E-state index in [0.717, 1.165) is 33.6 Å². The summed E-state index contributed by atoms with van der Waals surface area (Å²) in [5, 5.41) is 0. The number of methoxy groups -OCH3 is 3. The molecule has 0 atom stereocenters. The Morgan fingerprint density at radius 2 is 1.21 bits per heavy atom. The molecule has 0 saturated heterocycles. The topological polar surface area (TPSA) is 44.8 Å². The zero-order valence-corrected chi connectivity index (χ0v) is 16.9. The van der Waals surface area contributed by atoms with Gasteiger partial charge in [-0.15, -0.1) is 0 Å². The van der Waals surface area contributed by atoms with Crippen LogP contribution >= 0.6 is 0 Å². The van der Waals surface area contributed by atoms with Crippen molar-refractivity contribution in [2.75, 3.05) is 21.3 Å². The largest absolute Gasteiger partial charge is 0.497 e. The second kappa shape index (κ2) is 7.47. The van der Waals surface area contributed by atoms with Crippen LogP contribution in [0.25, 0.3) is 11.1 Å². The fourth-order valence-electron chi connectivity index (χ4n) is 3.73. The van der Waals surface area contributed by atoms with E-state index in [2.05, 4.69) is 6.07 Å². The lowest BCUT2D eigenvalue weighted by molar-refractivity contribution is 0.105. The molecule has 0 aromatic heterocycles. The van der Waals surface area contributed by atoms with E-state index in [1.807, 2.05) is 61.5 Å². The van der Waals surface area contributed by atoms with Gasteiger partial charge in [0.25, 0.3) is 0 Å². The van der Waals surface area contributed by atoms with Crippen molar-refractivity contribution in [3.8, 4) is 17.2 Å². The number of ether oxygens (including phenoxy) is 3. The lowest BCUT2D eigenvalue weighted by Gasteiger charge is -2.13. The maximum Gasteiger partial charge on any atom is 0.194 e. The second-order valence-electron chi connectivity index (χ2n) is 6.96. The van der Waals surface area contributed by atoms with Gasteiger partial charge in [-0.25, -0.2) is 0 Å². The molecular weight excluding hydrogens is 364 g/mol. The van der Waals surface area contributed by atoms with E-state index < -0.39 is 0 Å². The number of benzene rings is 3. The summed E-state index contributed by atoms with van der Waals surface area (Å²) in [4.78, 5) is 13.4. The SMILES string of the molecule is COc1ccc(C2=C(c3cc(OC)cc(OC)c3)c3cc(C)ccc3C2=O)cc1. The molecule has 0 aliphatic heterocycles. The van der Waals surface area contributed by atoms with E-state index >= 15 is 0 Å². The summed E-state index contributed by atoms with van der Waals surface area (Å²) < 4.78 is 16.2. The minimum atomic E-state index is 0.0157. The van der Waals surface area contributed by atoms with Gasteiger partial charge in [0.1, 0.15) is 17.2 Å². The molecule has 0 amide bonds. The molecule has 3 aromatic carbocycles. The molecule has 0 bridgehead atoms. The summed E-state index contributed by atoms with van der Waals surface area (Å²) in [6.07, 6.45) is 0. The van der Waals surface area contributed by atoms with Gasteiger partial charge in [0.2, 0.25) is 0 Å². The smallest absolute Gasteiger partial charge is 0.194 e. The molecule has 3 aromatic rings. The zero-order chi connectivity index (χ0) is 20.5. The quantitative estimate of drug-likeness (QED) is 0.606. The number of allylic oxidation sites excluding steroid dienone is 1. The monoisotopic (exact) mass is 386 g/mol. The maximum absolute atomic E-state index is 13.4. The lowest BCUT2D eigenvalue weighted by atomic mass is 9.93. The molecule has 0 radical (unpaired) electrons. The fraction of sp³-hybridized carbons (Fsp3) is 0.160. The highest BCUT2D eigenvalue weighted by Gasteiger charge is 2.31. The predicted octanol–water partition coefficient (Wildman–Crippen LogP) is 5.18. The van der Waals surface area contributed by atoms with E-state index in [-0.39, 0.29) is 5.78 Å². The molecule has 0 saturated carbocycles. The van der Waals surface area contributed by atoms with E-state index in [1.165, 1.54) is 0 Å². The van der Waals surface area contributed by atoms with Crippen molar-refractivity contribution in [3.63, 3.8) is 0 Å². The van der Waals surface area contributed by atoms with Gasteiger partial charge in [-0.2, -0.15) is 0 Å². The van der Waals surface area contributed by atoms with Crippen LogP contribution in [0.3, 0.4) is 0 Å². The number of hydrogen-bond acceptors (Lipinski definition) is 4. The molecule has 146 valence electrons. The third-order valence-corrected chi connectivity index (χ3v) is 5.18. The number of hydrogen-bond donors (Lipinski definition) is 0. The fourth-order valence-corrected chi connectivity index (χ4v) is 3.73. The molecule has 0 unspecified atom stereocenters. The van der Waals surface area contributed by atoms with Gasteiger partial charge in [-0.3, -0.25) is 4.79 Å². The van der Waals surface area contributed by atoms with Gasteiger partial charge in [0, 0.05) is 22.8 Å². The summed E-state index contributed by atoms with van der Waals surface area (Å²) >= 11 is 0. The zero-order valence-electron chi connectivity index (χ0n) is 16.9. The minimum Gasteiger partial charge on any atom is -0.497 e. The van der Waals surface area contributed by atoms with Gasteiger partial charge in [-0.1, -0.05) is 35.9 Å². The predicted molar refractivity (Wildman–Crippen MR) is 114 cm³/mol. The second-order valence-corrected chi connectivity index (χ2v) is 6.96. The van der Waals surface area contributed by atoms with Crippen LogP contribution in [0.1, 0.15) is 32.6 Å². The number of rotatable bonds is 5. The Hall–Kier alpha value is -3.53. The molecule has 0 spiro atoms. The van der Waals surface area contributed by atoms with Crippen LogP contribution in [0.5, 0.6) is 17.2 Å². The Labute approximate surface area is 170 Å². The van der Waals surface area contributed by atoms with Crippen LogP contribution < -0.4 is 14.2 Å². The van der Waals surface area contributed by atoms with Crippen molar-refractivity contribution in [2.45, 2.75) is 6.92 Å². The Bertz CT molecular complexity index is 1100. The molecular formula is C25H22O4. The summed E-state index contributed by atoms with van der Waals surface area (Å²) in [7, 11) is 4.87. The first-order valence-electron chi connectivity index (χ1n) is 9.33. The summed E-state index contributed by atoms with van der Waals surface area (Å²) in [5.74, 6) is 2.11. The normalized spacial score (nSPS) is 12.8. The molecule has 0 fully saturated rings. The first kappa shape index (κ1) is 18.8. The Balaban J connectivity index is 2.01. The van der Waals surface area contributed by atoms with Gasteiger partial charge < -0.3 is 14.2 Å². The number of aryl methyl sites for hydroxylation is 1. The number of ketones is 1. The van der Waals surface area contributed by atoms with Crippen LogP contribution in [0.15, 0.2) is 60.7 Å².